The molecule has 228 valence electrons. The summed E-state index contributed by atoms with van der Waals surface area (Å²) in [7, 11) is -4.09. The van der Waals surface area contributed by atoms with Crippen molar-refractivity contribution in [3.8, 4) is 0 Å². The van der Waals surface area contributed by atoms with Gasteiger partial charge in [-0.05, 0) is 0 Å². The van der Waals surface area contributed by atoms with Crippen molar-refractivity contribution in [3.05, 3.63) is 71.8 Å². The zero-order chi connectivity index (χ0) is 29.8. The fraction of sp³-hybridized carbons (Fsp3) is 0.556. The molecule has 0 heterocycles. The third-order valence-corrected chi connectivity index (χ3v) is 17.8. The van der Waals surface area contributed by atoms with Gasteiger partial charge in [-0.1, -0.05) is 0 Å². The molecule has 41 heavy (non-hydrogen) atoms. The zero-order valence-electron chi connectivity index (χ0n) is 26.5. The van der Waals surface area contributed by atoms with Crippen LogP contribution in [0.15, 0.2) is 65.6 Å². The van der Waals surface area contributed by atoms with Crippen LogP contribution in [0.5, 0.6) is 0 Å². The zero-order valence-corrected chi connectivity index (χ0v) is 28.2. The van der Waals surface area contributed by atoms with Gasteiger partial charge in [0.05, 0.1) is 0 Å². The van der Waals surface area contributed by atoms with E-state index in [-0.39, 0.29) is 0 Å². The van der Waals surface area contributed by atoms with Gasteiger partial charge in [0, 0.05) is 0 Å². The van der Waals surface area contributed by atoms with Gasteiger partial charge in [-0.25, -0.2) is 0 Å². The van der Waals surface area contributed by atoms with Gasteiger partial charge in [-0.2, -0.15) is 0 Å². The van der Waals surface area contributed by atoms with E-state index in [0.717, 1.165) is 117 Å². The van der Waals surface area contributed by atoms with Gasteiger partial charge < -0.3 is 0 Å². The number of benzene rings is 3. The second-order valence-electron chi connectivity index (χ2n) is 12.0. The van der Waals surface area contributed by atoms with Crippen molar-refractivity contribution in [3.63, 3.8) is 0 Å². The topological polar surface area (TPSA) is 43.4 Å². The van der Waals surface area contributed by atoms with E-state index in [4.69, 9.17) is 3.97 Å². The molecule has 0 radical (unpaired) electrons. The van der Waals surface area contributed by atoms with E-state index in [0.29, 0.717) is 4.90 Å². The van der Waals surface area contributed by atoms with Crippen molar-refractivity contribution in [2.75, 3.05) is 18.5 Å². The summed E-state index contributed by atoms with van der Waals surface area (Å²) in [5, 5.41) is 2.95. The van der Waals surface area contributed by atoms with Crippen LogP contribution in [0.1, 0.15) is 110 Å². The van der Waals surface area contributed by atoms with Crippen molar-refractivity contribution >= 4 is 33.0 Å². The van der Waals surface area contributed by atoms with Gasteiger partial charge in [-0.15, -0.1) is 0 Å². The standard InChI is InChI=1S/C36H55O3PS/c1-6-11-21-31-30-32-22-19-20-26-35(32)36(34(31)25-12-7-2)41(37,38)39-40(27-13-8-3,28-14-9-4,29-15-10-5)33-23-17-16-18-24-33/h16-20,22-24,26,30H,6-15,21,25,27-29H2,1-5H3. The van der Waals surface area contributed by atoms with Crippen molar-refractivity contribution in [2.45, 2.75) is 117 Å². The molecule has 0 aliphatic heterocycles. The molecule has 0 aliphatic carbocycles. The number of aryl methyl sites for hydroxylation is 1. The maximum atomic E-state index is 15.2. The fourth-order valence-corrected chi connectivity index (χ4v) is 16.6. The summed E-state index contributed by atoms with van der Waals surface area (Å²) >= 11 is 0. The molecule has 0 unspecified atom stereocenters. The van der Waals surface area contributed by atoms with Crippen molar-refractivity contribution in [2.24, 2.45) is 0 Å². The Morgan fingerprint density at radius 1 is 0.634 bits per heavy atom. The normalized spacial score (nSPS) is 13.3. The number of hydrogen-bond acceptors (Lipinski definition) is 3. The molecule has 0 spiro atoms. The van der Waals surface area contributed by atoms with Crippen LogP contribution < -0.4 is 5.30 Å². The Morgan fingerprint density at radius 2 is 1.15 bits per heavy atom. The van der Waals surface area contributed by atoms with Crippen LogP contribution in [0.4, 0.5) is 0 Å². The molecule has 3 aromatic rings. The van der Waals surface area contributed by atoms with E-state index < -0.39 is 16.9 Å². The van der Waals surface area contributed by atoms with Crippen LogP contribution in [-0.4, -0.2) is 26.9 Å². The van der Waals surface area contributed by atoms with Gasteiger partial charge in [0.25, 0.3) is 0 Å². The van der Waals surface area contributed by atoms with Crippen LogP contribution >= 0.6 is 6.83 Å². The Morgan fingerprint density at radius 3 is 1.71 bits per heavy atom. The minimum atomic E-state index is -4.09. The molecule has 0 saturated heterocycles. The third-order valence-electron chi connectivity index (χ3n) is 8.82. The summed E-state index contributed by atoms with van der Waals surface area (Å²) < 4.78 is 37.5. The van der Waals surface area contributed by atoms with Gasteiger partial charge in [0.1, 0.15) is 0 Å². The monoisotopic (exact) mass is 598 g/mol. The molecule has 0 aliphatic rings. The first-order chi connectivity index (χ1) is 19.8. The van der Waals surface area contributed by atoms with E-state index in [2.05, 4.69) is 71.0 Å². The molecule has 5 heteroatoms. The van der Waals surface area contributed by atoms with Crippen LogP contribution in [0.25, 0.3) is 10.8 Å². The Balaban J connectivity index is 2.39. The maximum absolute atomic E-state index is 15.2. The molecule has 0 amide bonds. The summed E-state index contributed by atoms with van der Waals surface area (Å²) in [5.74, 6) is 0. The Hall–Kier alpha value is -1.74. The number of hydrogen-bond donors (Lipinski definition) is 0. The predicted octanol–water partition coefficient (Wildman–Crippen LogP) is 10.4. The number of fused-ring (bicyclic) bond motifs is 1. The van der Waals surface area contributed by atoms with Gasteiger partial charge in [-0.3, -0.25) is 0 Å². The third kappa shape index (κ3) is 7.81. The van der Waals surface area contributed by atoms with E-state index in [9.17, 15) is 0 Å². The van der Waals surface area contributed by atoms with E-state index in [1.54, 1.807) is 0 Å². The Labute approximate surface area is 251 Å². The molecule has 0 aromatic heterocycles. The Bertz CT molecular complexity index is 1310. The molecule has 3 nitrogen and oxygen atoms in total. The van der Waals surface area contributed by atoms with Crippen molar-refractivity contribution < 1.29 is 12.4 Å². The molecule has 0 N–H and O–H groups in total. The molecular formula is C36H55O3PS. The van der Waals surface area contributed by atoms with Crippen molar-refractivity contribution in [1.82, 2.24) is 0 Å². The van der Waals surface area contributed by atoms with E-state index >= 15 is 8.42 Å². The number of rotatable bonds is 19. The first kappa shape index (κ1) is 33.8. The van der Waals surface area contributed by atoms with Gasteiger partial charge >= 0.3 is 252 Å². The summed E-state index contributed by atoms with van der Waals surface area (Å²) in [4.78, 5) is 0.449. The predicted molar refractivity (Wildman–Crippen MR) is 182 cm³/mol. The Kier molecular flexibility index (Phi) is 12.9. The van der Waals surface area contributed by atoms with Crippen LogP contribution in [0.2, 0.25) is 0 Å². The average Bonchev–Trinajstić information content (AvgIpc) is 2.99. The van der Waals surface area contributed by atoms with E-state index in [1.165, 1.54) is 5.56 Å². The second-order valence-corrected chi connectivity index (χ2v) is 19.0. The first-order valence-electron chi connectivity index (χ1n) is 16.4. The molecule has 3 rings (SSSR count). The van der Waals surface area contributed by atoms with Gasteiger partial charge in [0.2, 0.25) is 0 Å². The quantitative estimate of drug-likeness (QED) is 0.129. The minimum absolute atomic E-state index is 0.449. The summed E-state index contributed by atoms with van der Waals surface area (Å²) in [6, 6.07) is 20.8. The first-order valence-corrected chi connectivity index (χ1v) is 20.5. The average molecular weight is 599 g/mol. The molecule has 0 fully saturated rings. The molecular weight excluding hydrogens is 543 g/mol. The SMILES string of the molecule is CCCCc1cc2ccccc2c(S(=O)(=O)OP(CCCC)(CCCC)(CCCC)c2ccccc2)c1CCCC. The molecule has 0 atom stereocenters. The van der Waals surface area contributed by atoms with Crippen LogP contribution in [0, 0.1) is 0 Å². The molecule has 0 bridgehead atoms. The summed E-state index contributed by atoms with van der Waals surface area (Å²) in [6.07, 6.45) is 14.2. The van der Waals surface area contributed by atoms with Crippen molar-refractivity contribution in [1.29, 1.82) is 0 Å². The summed E-state index contributed by atoms with van der Waals surface area (Å²) in [5.41, 5.74) is 2.17. The van der Waals surface area contributed by atoms with Gasteiger partial charge in [0.15, 0.2) is 0 Å². The second kappa shape index (κ2) is 15.6. The fourth-order valence-electron chi connectivity index (χ4n) is 6.47. The molecule has 0 saturated carbocycles. The molecule has 3 aromatic carbocycles. The number of unbranched alkanes of at least 4 members (excludes halogenated alkanes) is 5. The van der Waals surface area contributed by atoms with Crippen LogP contribution in [0.3, 0.4) is 0 Å². The van der Waals surface area contributed by atoms with Crippen LogP contribution in [-0.2, 0) is 26.9 Å². The summed E-state index contributed by atoms with van der Waals surface area (Å²) in [6.45, 7) is 7.61. The van der Waals surface area contributed by atoms with E-state index in [1.807, 2.05) is 24.3 Å².